The normalized spacial score (nSPS) is 29.0. The number of nitrogens with one attached hydrogen (secondary N) is 1. The maximum atomic E-state index is 3.41. The monoisotopic (exact) mass is 182 g/mol. The number of nitrogens with zero attached hydrogens (tertiary/aromatic N) is 1. The van der Waals surface area contributed by atoms with Gasteiger partial charge in [0.25, 0.3) is 0 Å². The summed E-state index contributed by atoms with van der Waals surface area (Å²) in [5, 5.41) is 3.41. The van der Waals surface area contributed by atoms with Gasteiger partial charge in [0.2, 0.25) is 0 Å². The highest BCUT2D eigenvalue weighted by Crippen LogP contribution is 2.36. The highest BCUT2D eigenvalue weighted by atomic mass is 15.2. The number of rotatable bonds is 1. The third kappa shape index (κ3) is 2.08. The average molecular weight is 182 g/mol. The Balaban J connectivity index is 2.82. The SMILES string of the molecule is BN1C(C)(C)CC(NC)CC1(C)C. The van der Waals surface area contributed by atoms with Gasteiger partial charge in [-0.1, -0.05) is 0 Å². The average Bonchev–Trinajstić information content (AvgIpc) is 1.99. The van der Waals surface area contributed by atoms with Crippen LogP contribution < -0.4 is 5.32 Å². The molecule has 0 radical (unpaired) electrons. The lowest BCUT2D eigenvalue weighted by atomic mass is 9.74. The van der Waals surface area contributed by atoms with E-state index in [4.69, 9.17) is 0 Å². The van der Waals surface area contributed by atoms with Gasteiger partial charge in [0.1, 0.15) is 0 Å². The molecule has 3 heteroatoms. The Hall–Kier alpha value is -0.0151. The summed E-state index contributed by atoms with van der Waals surface area (Å²) in [7, 11) is 4.31. The molecule has 0 aromatic heterocycles. The smallest absolute Gasteiger partial charge is 0.186 e. The molecule has 1 aliphatic rings. The second-order valence-corrected chi connectivity index (χ2v) is 5.58. The molecule has 76 valence electrons. The highest BCUT2D eigenvalue weighted by molar-refractivity contribution is 6.05. The van der Waals surface area contributed by atoms with Gasteiger partial charge in [-0.2, -0.15) is 0 Å². The first kappa shape index (κ1) is 11.1. The third-order valence-electron chi connectivity index (χ3n) is 3.72. The molecule has 0 spiro atoms. The van der Waals surface area contributed by atoms with Crippen molar-refractivity contribution in [1.82, 2.24) is 10.1 Å². The van der Waals surface area contributed by atoms with Gasteiger partial charge < -0.3 is 10.1 Å². The summed E-state index contributed by atoms with van der Waals surface area (Å²) < 4.78 is 0. The van der Waals surface area contributed by atoms with Crippen LogP contribution in [0.3, 0.4) is 0 Å². The van der Waals surface area contributed by atoms with Gasteiger partial charge in [-0.3, -0.25) is 0 Å². The van der Waals surface area contributed by atoms with Crippen molar-refractivity contribution in [2.75, 3.05) is 7.05 Å². The lowest BCUT2D eigenvalue weighted by Crippen LogP contribution is -2.62. The van der Waals surface area contributed by atoms with Crippen molar-refractivity contribution in [2.45, 2.75) is 57.7 Å². The van der Waals surface area contributed by atoms with Crippen molar-refractivity contribution >= 4 is 7.98 Å². The van der Waals surface area contributed by atoms with E-state index in [1.807, 2.05) is 0 Å². The van der Waals surface area contributed by atoms with Gasteiger partial charge in [-0.25, -0.2) is 0 Å². The van der Waals surface area contributed by atoms with Crippen LogP contribution in [0.2, 0.25) is 0 Å². The Morgan fingerprint density at radius 3 is 1.85 bits per heavy atom. The lowest BCUT2D eigenvalue weighted by Gasteiger charge is -2.54. The van der Waals surface area contributed by atoms with Crippen molar-refractivity contribution in [3.8, 4) is 0 Å². The van der Waals surface area contributed by atoms with Crippen LogP contribution in [0.4, 0.5) is 0 Å². The van der Waals surface area contributed by atoms with Gasteiger partial charge in [-0.15, -0.1) is 0 Å². The van der Waals surface area contributed by atoms with E-state index in [0.29, 0.717) is 17.1 Å². The Bertz CT molecular complexity index is 171. The van der Waals surface area contributed by atoms with Gasteiger partial charge in [0, 0.05) is 17.1 Å². The van der Waals surface area contributed by atoms with Crippen LogP contribution in [0.15, 0.2) is 0 Å². The highest BCUT2D eigenvalue weighted by Gasteiger charge is 2.41. The number of hydrogen-bond donors (Lipinski definition) is 1. The first-order valence-electron chi connectivity index (χ1n) is 5.21. The van der Waals surface area contributed by atoms with Crippen molar-refractivity contribution in [2.24, 2.45) is 0 Å². The van der Waals surface area contributed by atoms with E-state index in [0.717, 1.165) is 0 Å². The molecule has 1 rings (SSSR count). The Morgan fingerprint density at radius 2 is 1.54 bits per heavy atom. The van der Waals surface area contributed by atoms with Crippen LogP contribution in [0.25, 0.3) is 0 Å². The topological polar surface area (TPSA) is 15.3 Å². The van der Waals surface area contributed by atoms with Gasteiger partial charge in [0.15, 0.2) is 7.98 Å². The van der Waals surface area contributed by atoms with Crippen molar-refractivity contribution in [3.05, 3.63) is 0 Å². The summed E-state index contributed by atoms with van der Waals surface area (Å²) in [5.74, 6) is 0. The molecular weight excluding hydrogens is 159 g/mol. The predicted molar refractivity (Wildman–Crippen MR) is 60.6 cm³/mol. The fourth-order valence-corrected chi connectivity index (χ4v) is 2.58. The summed E-state index contributed by atoms with van der Waals surface area (Å²) in [4.78, 5) is 2.51. The van der Waals surface area contributed by atoms with E-state index >= 15 is 0 Å². The van der Waals surface area contributed by atoms with Gasteiger partial charge >= 0.3 is 0 Å². The van der Waals surface area contributed by atoms with E-state index in [2.05, 4.69) is 52.9 Å². The molecule has 1 heterocycles. The lowest BCUT2D eigenvalue weighted by molar-refractivity contribution is 0.0383. The predicted octanol–water partition coefficient (Wildman–Crippen LogP) is 0.775. The van der Waals surface area contributed by atoms with Crippen LogP contribution in [-0.2, 0) is 0 Å². The molecule has 2 nitrogen and oxygen atoms in total. The molecule has 13 heavy (non-hydrogen) atoms. The minimum Gasteiger partial charge on any atom is -0.339 e. The molecule has 0 aromatic carbocycles. The molecule has 1 fully saturated rings. The Morgan fingerprint density at radius 1 is 1.15 bits per heavy atom. The second kappa shape index (κ2) is 3.28. The van der Waals surface area contributed by atoms with E-state index < -0.39 is 0 Å². The minimum absolute atomic E-state index is 0.315. The van der Waals surface area contributed by atoms with E-state index in [-0.39, 0.29) is 0 Å². The standard InChI is InChI=1S/C10H23BN2/c1-9(2)6-8(12-5)7-10(3,4)13(9)11/h8,12H,6-7,11H2,1-5H3. The first-order valence-corrected chi connectivity index (χ1v) is 5.21. The quantitative estimate of drug-likeness (QED) is 0.603. The fraction of sp³-hybridized carbons (Fsp3) is 1.00. The zero-order valence-electron chi connectivity index (χ0n) is 9.94. The van der Waals surface area contributed by atoms with Crippen molar-refractivity contribution < 1.29 is 0 Å². The van der Waals surface area contributed by atoms with Crippen LogP contribution in [0.1, 0.15) is 40.5 Å². The van der Waals surface area contributed by atoms with Gasteiger partial charge in [0.05, 0.1) is 0 Å². The summed E-state index contributed by atoms with van der Waals surface area (Å²) in [6.07, 6.45) is 2.48. The molecule has 0 unspecified atom stereocenters. The molecule has 0 aromatic rings. The summed E-state index contributed by atoms with van der Waals surface area (Å²) in [5.41, 5.74) is 0.630. The first-order chi connectivity index (χ1) is 5.79. The number of piperidine rings is 1. The molecule has 1 N–H and O–H groups in total. The molecule has 0 bridgehead atoms. The van der Waals surface area contributed by atoms with E-state index in [9.17, 15) is 0 Å². The molecule has 0 saturated carbocycles. The van der Waals surface area contributed by atoms with Crippen molar-refractivity contribution in [3.63, 3.8) is 0 Å². The Kier molecular flexibility index (Phi) is 2.79. The fourth-order valence-electron chi connectivity index (χ4n) is 2.58. The maximum absolute atomic E-state index is 3.41. The molecule has 1 saturated heterocycles. The maximum Gasteiger partial charge on any atom is 0.186 e. The molecule has 0 aliphatic carbocycles. The van der Waals surface area contributed by atoms with Crippen LogP contribution >= 0.6 is 0 Å². The second-order valence-electron chi connectivity index (χ2n) is 5.58. The summed E-state index contributed by atoms with van der Waals surface area (Å²) in [6, 6.07) is 0.668. The third-order valence-corrected chi connectivity index (χ3v) is 3.72. The molecule has 0 amide bonds. The summed E-state index contributed by atoms with van der Waals surface area (Å²) in [6.45, 7) is 9.33. The zero-order valence-corrected chi connectivity index (χ0v) is 9.94. The summed E-state index contributed by atoms with van der Waals surface area (Å²) >= 11 is 0. The zero-order chi connectivity index (χ0) is 10.3. The largest absolute Gasteiger partial charge is 0.339 e. The molecule has 0 atom stereocenters. The minimum atomic E-state index is 0.315. The van der Waals surface area contributed by atoms with Crippen molar-refractivity contribution in [1.29, 1.82) is 0 Å². The van der Waals surface area contributed by atoms with Crippen LogP contribution in [-0.4, -0.2) is 37.0 Å². The van der Waals surface area contributed by atoms with E-state index in [1.165, 1.54) is 12.8 Å². The van der Waals surface area contributed by atoms with Crippen LogP contribution in [0, 0.1) is 0 Å². The van der Waals surface area contributed by atoms with E-state index in [1.54, 1.807) is 0 Å². The molecular formula is C10H23BN2. The number of hydrogen-bond acceptors (Lipinski definition) is 2. The Labute approximate surface area is 83.5 Å². The van der Waals surface area contributed by atoms with Crippen LogP contribution in [0.5, 0.6) is 0 Å². The molecule has 1 aliphatic heterocycles. The van der Waals surface area contributed by atoms with Gasteiger partial charge in [-0.05, 0) is 47.6 Å².